The van der Waals surface area contributed by atoms with E-state index < -0.39 is 9.84 Å². The normalized spacial score (nSPS) is 22.8. The first kappa shape index (κ1) is 16.5. The molecule has 0 aromatic heterocycles. The van der Waals surface area contributed by atoms with Crippen LogP contribution in [0, 0.1) is 0 Å². The van der Waals surface area contributed by atoms with Crippen LogP contribution in [0.15, 0.2) is 18.2 Å². The van der Waals surface area contributed by atoms with Crippen LogP contribution in [0.2, 0.25) is 0 Å². The van der Waals surface area contributed by atoms with E-state index in [1.165, 1.54) is 24.0 Å². The Balaban J connectivity index is 1.62. The van der Waals surface area contributed by atoms with Crippen LogP contribution in [0.25, 0.3) is 0 Å². The molecule has 5 nitrogen and oxygen atoms in total. The van der Waals surface area contributed by atoms with Crippen LogP contribution in [0.4, 0.5) is 5.69 Å². The zero-order chi connectivity index (χ0) is 16.4. The molecule has 1 saturated heterocycles. The lowest BCUT2D eigenvalue weighted by Crippen LogP contribution is -2.38. The lowest BCUT2D eigenvalue weighted by Gasteiger charge is -2.23. The number of fused-ring (bicyclic) bond motifs is 1. The molecule has 1 amide bonds. The van der Waals surface area contributed by atoms with Crippen molar-refractivity contribution in [1.82, 2.24) is 4.90 Å². The third-order valence-electron chi connectivity index (χ3n) is 4.89. The van der Waals surface area contributed by atoms with Crippen LogP contribution in [-0.4, -0.2) is 50.4 Å². The number of anilines is 1. The van der Waals surface area contributed by atoms with Gasteiger partial charge in [0.1, 0.15) is 0 Å². The topological polar surface area (TPSA) is 66.5 Å². The molecular formula is C17H24N2O3S. The molecule has 1 heterocycles. The van der Waals surface area contributed by atoms with E-state index in [2.05, 4.69) is 11.4 Å². The third-order valence-corrected chi connectivity index (χ3v) is 6.65. The van der Waals surface area contributed by atoms with Gasteiger partial charge in [-0.15, -0.1) is 0 Å². The number of aryl methyl sites for hydroxylation is 1. The molecule has 0 unspecified atom stereocenters. The molecule has 23 heavy (non-hydrogen) atoms. The average Bonchev–Trinajstić information content (AvgIpc) is 2.88. The Morgan fingerprint density at radius 3 is 2.83 bits per heavy atom. The van der Waals surface area contributed by atoms with E-state index in [9.17, 15) is 13.2 Å². The number of nitrogens with one attached hydrogen (secondary N) is 1. The second kappa shape index (κ2) is 6.61. The summed E-state index contributed by atoms with van der Waals surface area (Å²) in [5.74, 6) is 0.323. The fourth-order valence-corrected chi connectivity index (χ4v) is 5.37. The molecule has 0 radical (unpaired) electrons. The van der Waals surface area contributed by atoms with Crippen LogP contribution in [0.1, 0.15) is 30.4 Å². The Hall–Kier alpha value is -1.40. The van der Waals surface area contributed by atoms with Gasteiger partial charge < -0.3 is 5.32 Å². The van der Waals surface area contributed by atoms with Crippen LogP contribution < -0.4 is 5.32 Å². The largest absolute Gasteiger partial charge is 0.325 e. The molecule has 0 spiro atoms. The second-order valence-corrected chi connectivity index (χ2v) is 8.90. The average molecular weight is 336 g/mol. The summed E-state index contributed by atoms with van der Waals surface area (Å²) in [6.07, 6.45) is 5.09. The molecule has 1 fully saturated rings. The molecule has 0 saturated carbocycles. The van der Waals surface area contributed by atoms with Gasteiger partial charge in [-0.2, -0.15) is 0 Å². The monoisotopic (exact) mass is 336 g/mol. The van der Waals surface area contributed by atoms with E-state index in [0.29, 0.717) is 6.42 Å². The summed E-state index contributed by atoms with van der Waals surface area (Å²) in [4.78, 5) is 14.2. The zero-order valence-corrected chi connectivity index (χ0v) is 14.4. The van der Waals surface area contributed by atoms with E-state index in [1.54, 1.807) is 0 Å². The summed E-state index contributed by atoms with van der Waals surface area (Å²) >= 11 is 0. The molecule has 0 bridgehead atoms. The van der Waals surface area contributed by atoms with Crippen molar-refractivity contribution < 1.29 is 13.2 Å². The zero-order valence-electron chi connectivity index (χ0n) is 13.5. The highest BCUT2D eigenvalue weighted by atomic mass is 32.2. The van der Waals surface area contributed by atoms with Gasteiger partial charge in [-0.25, -0.2) is 8.42 Å². The first-order valence-electron chi connectivity index (χ1n) is 8.26. The van der Waals surface area contributed by atoms with Crippen LogP contribution >= 0.6 is 0 Å². The molecule has 1 aliphatic carbocycles. The molecule has 1 N–H and O–H groups in total. The van der Waals surface area contributed by atoms with Crippen LogP contribution in [0.3, 0.4) is 0 Å². The minimum absolute atomic E-state index is 0.0459. The highest BCUT2D eigenvalue weighted by molar-refractivity contribution is 7.91. The predicted octanol–water partition coefficient (Wildman–Crippen LogP) is 1.62. The molecule has 1 aromatic rings. The summed E-state index contributed by atoms with van der Waals surface area (Å²) in [6.45, 7) is 0.226. The van der Waals surface area contributed by atoms with Crippen molar-refractivity contribution in [2.45, 2.75) is 38.1 Å². The molecule has 1 aliphatic heterocycles. The van der Waals surface area contributed by atoms with Crippen LogP contribution in [-0.2, 0) is 27.5 Å². The van der Waals surface area contributed by atoms with E-state index in [1.807, 2.05) is 24.1 Å². The molecule has 2 aliphatic rings. The molecule has 1 atom stereocenters. The Labute approximate surface area is 138 Å². The fourth-order valence-electron chi connectivity index (χ4n) is 3.57. The van der Waals surface area contributed by atoms with Crippen molar-refractivity contribution in [1.29, 1.82) is 0 Å². The number of rotatable bonds is 4. The molecule has 126 valence electrons. The second-order valence-electron chi connectivity index (χ2n) is 6.67. The van der Waals surface area contributed by atoms with Gasteiger partial charge in [0.25, 0.3) is 0 Å². The maximum absolute atomic E-state index is 12.3. The van der Waals surface area contributed by atoms with Gasteiger partial charge in [0.15, 0.2) is 9.84 Å². The first-order chi connectivity index (χ1) is 10.9. The van der Waals surface area contributed by atoms with Gasteiger partial charge in [-0.1, -0.05) is 12.1 Å². The predicted molar refractivity (Wildman–Crippen MR) is 91.4 cm³/mol. The minimum Gasteiger partial charge on any atom is -0.325 e. The first-order valence-corrected chi connectivity index (χ1v) is 10.1. The van der Waals surface area contributed by atoms with E-state index in [4.69, 9.17) is 0 Å². The maximum atomic E-state index is 12.3. The van der Waals surface area contributed by atoms with Crippen molar-refractivity contribution in [2.24, 2.45) is 0 Å². The van der Waals surface area contributed by atoms with Gasteiger partial charge in [-0.05, 0) is 56.3 Å². The van der Waals surface area contributed by atoms with Gasteiger partial charge in [0, 0.05) is 11.7 Å². The summed E-state index contributed by atoms with van der Waals surface area (Å²) in [6, 6.07) is 6.05. The van der Waals surface area contributed by atoms with Gasteiger partial charge >= 0.3 is 0 Å². The SMILES string of the molecule is CN(CC(=O)Nc1cccc2c1CCCC2)[C@@H]1CCS(=O)(=O)C1. The quantitative estimate of drug-likeness (QED) is 0.907. The Morgan fingerprint density at radius 2 is 2.09 bits per heavy atom. The maximum Gasteiger partial charge on any atom is 0.238 e. The molecule has 1 aromatic carbocycles. The number of hydrogen-bond acceptors (Lipinski definition) is 4. The van der Waals surface area contributed by atoms with Gasteiger partial charge in [-0.3, -0.25) is 9.69 Å². The van der Waals surface area contributed by atoms with Crippen molar-refractivity contribution in [3.8, 4) is 0 Å². The summed E-state index contributed by atoms with van der Waals surface area (Å²) in [5.41, 5.74) is 3.52. The summed E-state index contributed by atoms with van der Waals surface area (Å²) in [5, 5.41) is 3.02. The standard InChI is InChI=1S/C17H24N2O3S/c1-19(14-9-10-23(21,22)12-14)11-17(20)18-16-8-4-6-13-5-2-3-7-15(13)16/h4,6,8,14H,2-3,5,7,9-12H2,1H3,(H,18,20)/t14-/m1/s1. The van der Waals surface area contributed by atoms with Gasteiger partial charge in [0.05, 0.1) is 18.1 Å². The third kappa shape index (κ3) is 3.93. The molecular weight excluding hydrogens is 312 g/mol. The number of carbonyl (C=O) groups is 1. The van der Waals surface area contributed by atoms with E-state index in [-0.39, 0.29) is 30.0 Å². The van der Waals surface area contributed by atoms with Crippen LogP contribution in [0.5, 0.6) is 0 Å². The van der Waals surface area contributed by atoms with Crippen molar-refractivity contribution in [3.63, 3.8) is 0 Å². The lowest BCUT2D eigenvalue weighted by atomic mass is 9.90. The minimum atomic E-state index is -2.92. The number of likely N-dealkylation sites (N-methyl/N-ethyl adjacent to an activating group) is 1. The van der Waals surface area contributed by atoms with E-state index >= 15 is 0 Å². The molecule has 3 rings (SSSR count). The smallest absolute Gasteiger partial charge is 0.238 e. The number of amides is 1. The Kier molecular flexibility index (Phi) is 4.73. The highest BCUT2D eigenvalue weighted by Crippen LogP contribution is 2.27. The highest BCUT2D eigenvalue weighted by Gasteiger charge is 2.31. The molecule has 6 heteroatoms. The number of hydrogen-bond donors (Lipinski definition) is 1. The Morgan fingerprint density at radius 1 is 1.30 bits per heavy atom. The summed E-state index contributed by atoms with van der Waals surface area (Å²) in [7, 11) is -1.10. The van der Waals surface area contributed by atoms with E-state index in [0.717, 1.165) is 18.5 Å². The Bertz CT molecular complexity index is 700. The number of nitrogens with zero attached hydrogens (tertiary/aromatic N) is 1. The number of sulfone groups is 1. The number of benzene rings is 1. The summed E-state index contributed by atoms with van der Waals surface area (Å²) < 4.78 is 23.1. The van der Waals surface area contributed by atoms with Crippen molar-refractivity contribution in [2.75, 3.05) is 30.4 Å². The van der Waals surface area contributed by atoms with Crippen molar-refractivity contribution in [3.05, 3.63) is 29.3 Å². The lowest BCUT2D eigenvalue weighted by molar-refractivity contribution is -0.117. The van der Waals surface area contributed by atoms with Crippen molar-refractivity contribution >= 4 is 21.4 Å². The van der Waals surface area contributed by atoms with Gasteiger partial charge in [0.2, 0.25) is 5.91 Å². The fraction of sp³-hybridized carbons (Fsp3) is 0.588. The number of carbonyl (C=O) groups excluding carboxylic acids is 1.